The van der Waals surface area contributed by atoms with E-state index in [9.17, 15) is 13.2 Å². The van der Waals surface area contributed by atoms with Crippen molar-refractivity contribution in [1.82, 2.24) is 30.3 Å². The van der Waals surface area contributed by atoms with Crippen molar-refractivity contribution in [3.63, 3.8) is 0 Å². The molecule has 1 saturated heterocycles. The molecule has 1 aliphatic carbocycles. The van der Waals surface area contributed by atoms with Crippen LogP contribution in [0.4, 0.5) is 13.2 Å². The molecule has 0 aromatic carbocycles. The van der Waals surface area contributed by atoms with E-state index >= 15 is 0 Å². The maximum atomic E-state index is 12.7. The van der Waals surface area contributed by atoms with Gasteiger partial charge in [0.15, 0.2) is 11.5 Å². The summed E-state index contributed by atoms with van der Waals surface area (Å²) >= 11 is 0. The van der Waals surface area contributed by atoms with Crippen molar-refractivity contribution in [2.45, 2.75) is 69.5 Å². The van der Waals surface area contributed by atoms with Gasteiger partial charge in [0.2, 0.25) is 0 Å². The lowest BCUT2D eigenvalue weighted by molar-refractivity contribution is -0.141. The van der Waals surface area contributed by atoms with E-state index in [0.29, 0.717) is 18.2 Å². The fraction of sp³-hybridized carbons (Fsp3) is 0.722. The molecule has 4 rings (SSSR count). The van der Waals surface area contributed by atoms with Gasteiger partial charge in [-0.1, -0.05) is 19.3 Å². The number of rotatable bonds is 4. The minimum atomic E-state index is -4.41. The molecular weight excluding hydrogens is 357 g/mol. The third-order valence-electron chi connectivity index (χ3n) is 5.70. The van der Waals surface area contributed by atoms with Crippen LogP contribution in [0, 0.1) is 0 Å². The van der Waals surface area contributed by atoms with E-state index in [0.717, 1.165) is 43.6 Å². The highest BCUT2D eigenvalue weighted by Gasteiger charge is 2.34. The molecule has 1 atom stereocenters. The van der Waals surface area contributed by atoms with Crippen LogP contribution in [0.15, 0.2) is 6.07 Å². The predicted octanol–water partition coefficient (Wildman–Crippen LogP) is 3.97. The SMILES string of the molecule is FC(F)(F)c1cc(CN2CCCC(c3n[nH]c(C4CCCCC4)n3)C2)[nH]n1. The number of hydrogen-bond acceptors (Lipinski definition) is 4. The van der Waals surface area contributed by atoms with Crippen LogP contribution in [0.2, 0.25) is 0 Å². The van der Waals surface area contributed by atoms with Gasteiger partial charge in [-0.2, -0.15) is 23.4 Å². The van der Waals surface area contributed by atoms with Crippen LogP contribution in [0.1, 0.15) is 79.8 Å². The highest BCUT2D eigenvalue weighted by Crippen LogP contribution is 2.32. The zero-order chi connectivity index (χ0) is 18.9. The minimum absolute atomic E-state index is 0.220. The smallest absolute Gasteiger partial charge is 0.297 e. The van der Waals surface area contributed by atoms with E-state index in [4.69, 9.17) is 4.98 Å². The van der Waals surface area contributed by atoms with Crippen molar-refractivity contribution in [2.75, 3.05) is 13.1 Å². The van der Waals surface area contributed by atoms with Crippen LogP contribution in [-0.4, -0.2) is 43.4 Å². The number of nitrogens with zero attached hydrogens (tertiary/aromatic N) is 4. The number of H-pyrrole nitrogens is 2. The summed E-state index contributed by atoms with van der Waals surface area (Å²) in [4.78, 5) is 6.92. The van der Waals surface area contributed by atoms with Crippen molar-refractivity contribution in [3.05, 3.63) is 29.1 Å². The van der Waals surface area contributed by atoms with Crippen molar-refractivity contribution in [1.29, 1.82) is 0 Å². The number of hydrogen-bond donors (Lipinski definition) is 2. The van der Waals surface area contributed by atoms with Crippen LogP contribution in [0.25, 0.3) is 0 Å². The molecule has 3 heterocycles. The Hall–Kier alpha value is -1.90. The normalized spacial score (nSPS) is 23.0. The molecule has 148 valence electrons. The monoisotopic (exact) mass is 382 g/mol. The Morgan fingerprint density at radius 1 is 1.00 bits per heavy atom. The van der Waals surface area contributed by atoms with E-state index in [2.05, 4.69) is 25.3 Å². The van der Waals surface area contributed by atoms with Gasteiger partial charge in [-0.15, -0.1) is 0 Å². The third kappa shape index (κ3) is 4.34. The Balaban J connectivity index is 1.38. The Kier molecular flexibility index (Phi) is 5.21. The average molecular weight is 382 g/mol. The Bertz CT molecular complexity index is 746. The van der Waals surface area contributed by atoms with Crippen molar-refractivity contribution < 1.29 is 13.2 Å². The van der Waals surface area contributed by atoms with Crippen LogP contribution < -0.4 is 0 Å². The first-order valence-electron chi connectivity index (χ1n) is 9.75. The molecule has 2 aromatic heterocycles. The number of nitrogens with one attached hydrogen (secondary N) is 2. The summed E-state index contributed by atoms with van der Waals surface area (Å²) in [5, 5.41) is 13.5. The molecule has 27 heavy (non-hydrogen) atoms. The third-order valence-corrected chi connectivity index (χ3v) is 5.70. The van der Waals surface area contributed by atoms with Crippen LogP contribution in [0.5, 0.6) is 0 Å². The molecular formula is C18H25F3N6. The molecule has 1 saturated carbocycles. The van der Waals surface area contributed by atoms with Gasteiger partial charge in [0, 0.05) is 30.6 Å². The lowest BCUT2D eigenvalue weighted by atomic mass is 9.89. The lowest BCUT2D eigenvalue weighted by Crippen LogP contribution is -2.34. The summed E-state index contributed by atoms with van der Waals surface area (Å²) in [6.45, 7) is 2.04. The van der Waals surface area contributed by atoms with Gasteiger partial charge in [-0.25, -0.2) is 4.98 Å². The van der Waals surface area contributed by atoms with Crippen molar-refractivity contribution in [3.8, 4) is 0 Å². The lowest BCUT2D eigenvalue weighted by Gasteiger charge is -2.30. The van der Waals surface area contributed by atoms with Crippen LogP contribution >= 0.6 is 0 Å². The second kappa shape index (κ2) is 7.61. The molecule has 0 radical (unpaired) electrons. The van der Waals surface area contributed by atoms with Gasteiger partial charge < -0.3 is 0 Å². The molecule has 2 fully saturated rings. The topological polar surface area (TPSA) is 73.5 Å². The fourth-order valence-electron chi connectivity index (χ4n) is 4.27. The van der Waals surface area contributed by atoms with Gasteiger partial charge in [0.05, 0.1) is 0 Å². The van der Waals surface area contributed by atoms with Crippen LogP contribution in [0.3, 0.4) is 0 Å². The highest BCUT2D eigenvalue weighted by molar-refractivity contribution is 5.12. The molecule has 1 aliphatic heterocycles. The molecule has 2 aromatic rings. The number of alkyl halides is 3. The second-order valence-corrected chi connectivity index (χ2v) is 7.76. The van der Waals surface area contributed by atoms with Gasteiger partial charge in [0.25, 0.3) is 0 Å². The molecule has 0 bridgehead atoms. The predicted molar refractivity (Wildman–Crippen MR) is 93.1 cm³/mol. The molecule has 9 heteroatoms. The van der Waals surface area contributed by atoms with E-state index in [-0.39, 0.29) is 5.92 Å². The number of aromatic nitrogens is 5. The minimum Gasteiger partial charge on any atom is -0.297 e. The first-order chi connectivity index (χ1) is 13.0. The van der Waals surface area contributed by atoms with E-state index in [1.165, 1.54) is 32.1 Å². The van der Waals surface area contributed by atoms with Gasteiger partial charge >= 0.3 is 6.18 Å². The van der Waals surface area contributed by atoms with Crippen LogP contribution in [-0.2, 0) is 12.7 Å². The average Bonchev–Trinajstić information content (AvgIpc) is 3.32. The summed E-state index contributed by atoms with van der Waals surface area (Å²) in [7, 11) is 0. The Labute approximate surface area is 155 Å². The first kappa shape index (κ1) is 18.5. The molecule has 2 aliphatic rings. The van der Waals surface area contributed by atoms with Gasteiger partial charge in [0.1, 0.15) is 5.82 Å². The standard InChI is InChI=1S/C18H25F3N6/c19-18(20,21)15-9-14(23-24-15)11-27-8-4-7-13(10-27)17-22-16(25-26-17)12-5-2-1-3-6-12/h9,12-13H,1-8,10-11H2,(H,23,24)(H,22,25,26). The van der Waals surface area contributed by atoms with Crippen molar-refractivity contribution in [2.24, 2.45) is 0 Å². The molecule has 0 spiro atoms. The van der Waals surface area contributed by atoms with Crippen molar-refractivity contribution >= 4 is 0 Å². The Morgan fingerprint density at radius 2 is 1.78 bits per heavy atom. The quantitative estimate of drug-likeness (QED) is 0.839. The summed E-state index contributed by atoms with van der Waals surface area (Å²) in [5.74, 6) is 2.56. The zero-order valence-corrected chi connectivity index (χ0v) is 15.2. The Morgan fingerprint density at radius 3 is 2.52 bits per heavy atom. The molecule has 2 N–H and O–H groups in total. The van der Waals surface area contributed by atoms with E-state index in [1.54, 1.807) is 0 Å². The number of halogens is 3. The summed E-state index contributed by atoms with van der Waals surface area (Å²) < 4.78 is 38.1. The molecule has 6 nitrogen and oxygen atoms in total. The molecule has 1 unspecified atom stereocenters. The maximum Gasteiger partial charge on any atom is 0.435 e. The summed E-state index contributed by atoms with van der Waals surface area (Å²) in [6, 6.07) is 1.09. The summed E-state index contributed by atoms with van der Waals surface area (Å²) in [6.07, 6.45) is 3.74. The highest BCUT2D eigenvalue weighted by atomic mass is 19.4. The summed E-state index contributed by atoms with van der Waals surface area (Å²) in [5.41, 5.74) is -0.377. The number of likely N-dealkylation sites (tertiary alicyclic amines) is 1. The largest absolute Gasteiger partial charge is 0.435 e. The number of aromatic amines is 2. The maximum absolute atomic E-state index is 12.7. The van der Waals surface area contributed by atoms with E-state index in [1.807, 2.05) is 0 Å². The zero-order valence-electron chi connectivity index (χ0n) is 15.2. The van der Waals surface area contributed by atoms with Gasteiger partial charge in [-0.05, 0) is 38.3 Å². The van der Waals surface area contributed by atoms with Gasteiger partial charge in [-0.3, -0.25) is 15.1 Å². The number of piperidine rings is 1. The van der Waals surface area contributed by atoms with E-state index < -0.39 is 11.9 Å². The second-order valence-electron chi connectivity index (χ2n) is 7.76. The molecule has 0 amide bonds. The fourth-order valence-corrected chi connectivity index (χ4v) is 4.27. The first-order valence-corrected chi connectivity index (χ1v) is 9.75.